The Morgan fingerprint density at radius 1 is 1.33 bits per heavy atom. The number of carbonyl (C=O) groups excluding carboxylic acids is 1. The summed E-state index contributed by atoms with van der Waals surface area (Å²) in [5, 5.41) is 10.9. The zero-order chi connectivity index (χ0) is 16.8. The third kappa shape index (κ3) is 4.73. The highest BCUT2D eigenvalue weighted by Gasteiger charge is 2.14. The van der Waals surface area contributed by atoms with E-state index in [0.717, 1.165) is 42.9 Å². The van der Waals surface area contributed by atoms with Gasteiger partial charge in [0.15, 0.2) is 4.34 Å². The number of morpholine rings is 1. The van der Waals surface area contributed by atoms with Crippen LogP contribution in [0.3, 0.4) is 0 Å². The molecule has 0 aliphatic carbocycles. The second-order valence-electron chi connectivity index (χ2n) is 5.11. The van der Waals surface area contributed by atoms with Crippen LogP contribution in [0, 0.1) is 5.82 Å². The van der Waals surface area contributed by atoms with Gasteiger partial charge in [-0.2, -0.15) is 0 Å². The molecule has 128 valence electrons. The van der Waals surface area contributed by atoms with Crippen molar-refractivity contribution in [1.29, 1.82) is 0 Å². The van der Waals surface area contributed by atoms with E-state index in [-0.39, 0.29) is 5.56 Å². The number of hydrogen-bond acceptors (Lipinski definition) is 7. The molecule has 0 bridgehead atoms. The average Bonchev–Trinajstić information content (AvgIpc) is 3.03. The van der Waals surface area contributed by atoms with Gasteiger partial charge in [-0.3, -0.25) is 15.0 Å². The molecular formula is C15H17FN4O2S2. The molecule has 9 heteroatoms. The van der Waals surface area contributed by atoms with Crippen LogP contribution in [0.15, 0.2) is 28.6 Å². The summed E-state index contributed by atoms with van der Waals surface area (Å²) in [5.74, 6) is -0.177. The van der Waals surface area contributed by atoms with Gasteiger partial charge in [-0.25, -0.2) is 4.39 Å². The molecule has 1 fully saturated rings. The Labute approximate surface area is 147 Å². The quantitative estimate of drug-likeness (QED) is 0.624. The molecule has 0 unspecified atom stereocenters. The summed E-state index contributed by atoms with van der Waals surface area (Å²) >= 11 is 2.89. The Balaban J connectivity index is 1.48. The number of thioether (sulfide) groups is 1. The molecule has 1 aliphatic heterocycles. The monoisotopic (exact) mass is 368 g/mol. The molecule has 1 saturated heterocycles. The van der Waals surface area contributed by atoms with Crippen LogP contribution in [0.1, 0.15) is 10.4 Å². The molecule has 3 rings (SSSR count). The fourth-order valence-corrected chi connectivity index (χ4v) is 4.03. The van der Waals surface area contributed by atoms with E-state index >= 15 is 0 Å². The van der Waals surface area contributed by atoms with Gasteiger partial charge in [-0.05, 0) is 12.1 Å². The zero-order valence-electron chi connectivity index (χ0n) is 12.9. The van der Waals surface area contributed by atoms with Gasteiger partial charge in [0.25, 0.3) is 5.91 Å². The summed E-state index contributed by atoms with van der Waals surface area (Å²) in [7, 11) is 0. The smallest absolute Gasteiger partial charge is 0.260 e. The highest BCUT2D eigenvalue weighted by Crippen LogP contribution is 2.26. The molecule has 0 spiro atoms. The molecule has 1 amide bonds. The first-order valence-corrected chi connectivity index (χ1v) is 9.35. The van der Waals surface area contributed by atoms with Crippen LogP contribution in [-0.4, -0.2) is 59.6 Å². The minimum atomic E-state index is -0.556. The highest BCUT2D eigenvalue weighted by atomic mass is 32.2. The van der Waals surface area contributed by atoms with Crippen molar-refractivity contribution in [2.75, 3.05) is 43.9 Å². The van der Waals surface area contributed by atoms with Crippen molar-refractivity contribution in [3.05, 3.63) is 35.6 Å². The second kappa shape index (κ2) is 8.52. The topological polar surface area (TPSA) is 67.4 Å². The van der Waals surface area contributed by atoms with Crippen LogP contribution in [0.2, 0.25) is 0 Å². The Bertz CT molecular complexity index is 692. The third-order valence-corrected chi connectivity index (χ3v) is 5.43. The van der Waals surface area contributed by atoms with Gasteiger partial charge in [-0.1, -0.05) is 35.2 Å². The molecule has 0 radical (unpaired) electrons. The lowest BCUT2D eigenvalue weighted by atomic mass is 10.2. The second-order valence-corrected chi connectivity index (χ2v) is 7.43. The zero-order valence-corrected chi connectivity index (χ0v) is 14.5. The van der Waals surface area contributed by atoms with Crippen molar-refractivity contribution in [3.8, 4) is 0 Å². The van der Waals surface area contributed by atoms with Crippen LogP contribution in [0.4, 0.5) is 9.52 Å². The molecule has 1 N–H and O–H groups in total. The number of benzene rings is 1. The minimum Gasteiger partial charge on any atom is -0.379 e. The predicted molar refractivity (Wildman–Crippen MR) is 92.2 cm³/mol. The molecule has 0 saturated carbocycles. The Morgan fingerprint density at radius 3 is 2.92 bits per heavy atom. The minimum absolute atomic E-state index is 0.00535. The standard InChI is InChI=1S/C15H17FN4O2S2/c16-12-4-2-1-3-11(12)13(21)17-14-18-19-15(24-14)23-10-7-20-5-8-22-9-6-20/h1-4H,5-10H2,(H,17,18,21). The maximum atomic E-state index is 13.6. The highest BCUT2D eigenvalue weighted by molar-refractivity contribution is 8.01. The van der Waals surface area contributed by atoms with E-state index in [1.165, 1.54) is 23.5 Å². The number of nitrogens with zero attached hydrogens (tertiary/aromatic N) is 3. The number of halogens is 1. The Hall–Kier alpha value is -1.55. The van der Waals surface area contributed by atoms with E-state index in [1.54, 1.807) is 23.9 Å². The molecule has 1 aromatic carbocycles. The van der Waals surface area contributed by atoms with Crippen molar-refractivity contribution >= 4 is 34.1 Å². The molecular weight excluding hydrogens is 351 g/mol. The van der Waals surface area contributed by atoms with E-state index in [0.29, 0.717) is 5.13 Å². The van der Waals surface area contributed by atoms with Crippen LogP contribution in [0.25, 0.3) is 0 Å². The maximum Gasteiger partial charge on any atom is 0.260 e. The number of anilines is 1. The van der Waals surface area contributed by atoms with Crippen LogP contribution < -0.4 is 5.32 Å². The first kappa shape index (κ1) is 17.3. The Kier molecular flexibility index (Phi) is 6.13. The SMILES string of the molecule is O=C(Nc1nnc(SCCN2CCOCC2)s1)c1ccccc1F. The fraction of sp³-hybridized carbons (Fsp3) is 0.400. The number of ether oxygens (including phenoxy) is 1. The normalized spacial score (nSPS) is 15.4. The summed E-state index contributed by atoms with van der Waals surface area (Å²) in [4.78, 5) is 14.4. The number of aromatic nitrogens is 2. The summed E-state index contributed by atoms with van der Waals surface area (Å²) < 4.78 is 19.7. The van der Waals surface area contributed by atoms with Gasteiger partial charge in [-0.15, -0.1) is 10.2 Å². The molecule has 1 aliphatic rings. The average molecular weight is 368 g/mol. The number of rotatable bonds is 6. The lowest BCUT2D eigenvalue weighted by Crippen LogP contribution is -2.37. The summed E-state index contributed by atoms with van der Waals surface area (Å²) in [6.45, 7) is 4.46. The molecule has 2 heterocycles. The predicted octanol–water partition coefficient (Wildman–Crippen LogP) is 2.35. The van der Waals surface area contributed by atoms with Gasteiger partial charge in [0.1, 0.15) is 5.82 Å². The van der Waals surface area contributed by atoms with Gasteiger partial charge in [0.2, 0.25) is 5.13 Å². The van der Waals surface area contributed by atoms with E-state index in [4.69, 9.17) is 4.74 Å². The van der Waals surface area contributed by atoms with E-state index < -0.39 is 11.7 Å². The Morgan fingerprint density at radius 2 is 2.12 bits per heavy atom. The van der Waals surface area contributed by atoms with E-state index in [2.05, 4.69) is 20.4 Å². The lowest BCUT2D eigenvalue weighted by Gasteiger charge is -2.25. The van der Waals surface area contributed by atoms with Crippen molar-refractivity contribution in [2.45, 2.75) is 4.34 Å². The largest absolute Gasteiger partial charge is 0.379 e. The van der Waals surface area contributed by atoms with Gasteiger partial charge in [0, 0.05) is 25.4 Å². The number of carbonyl (C=O) groups is 1. The first-order chi connectivity index (χ1) is 11.7. The summed E-state index contributed by atoms with van der Waals surface area (Å²) in [5.41, 5.74) is -0.00535. The number of hydrogen-bond donors (Lipinski definition) is 1. The van der Waals surface area contributed by atoms with Crippen LogP contribution >= 0.6 is 23.1 Å². The van der Waals surface area contributed by atoms with Crippen molar-refractivity contribution in [1.82, 2.24) is 15.1 Å². The molecule has 1 aromatic heterocycles. The third-order valence-electron chi connectivity index (χ3n) is 3.48. The molecule has 6 nitrogen and oxygen atoms in total. The lowest BCUT2D eigenvalue weighted by molar-refractivity contribution is 0.0410. The van der Waals surface area contributed by atoms with Crippen LogP contribution in [-0.2, 0) is 4.74 Å². The van der Waals surface area contributed by atoms with E-state index in [9.17, 15) is 9.18 Å². The van der Waals surface area contributed by atoms with Crippen molar-refractivity contribution < 1.29 is 13.9 Å². The van der Waals surface area contributed by atoms with Gasteiger partial charge >= 0.3 is 0 Å². The number of amides is 1. The summed E-state index contributed by atoms with van der Waals surface area (Å²) in [6.07, 6.45) is 0. The van der Waals surface area contributed by atoms with Crippen LogP contribution in [0.5, 0.6) is 0 Å². The van der Waals surface area contributed by atoms with E-state index in [1.807, 2.05) is 0 Å². The molecule has 2 aromatic rings. The van der Waals surface area contributed by atoms with Crippen molar-refractivity contribution in [3.63, 3.8) is 0 Å². The van der Waals surface area contributed by atoms with Gasteiger partial charge in [0.05, 0.1) is 18.8 Å². The maximum absolute atomic E-state index is 13.6. The van der Waals surface area contributed by atoms with Crippen molar-refractivity contribution in [2.24, 2.45) is 0 Å². The first-order valence-electron chi connectivity index (χ1n) is 7.54. The molecule has 0 atom stereocenters. The fourth-order valence-electron chi connectivity index (χ4n) is 2.22. The summed E-state index contributed by atoms with van der Waals surface area (Å²) in [6, 6.07) is 5.84. The van der Waals surface area contributed by atoms with Gasteiger partial charge < -0.3 is 4.74 Å². The number of nitrogens with one attached hydrogen (secondary N) is 1. The molecule has 24 heavy (non-hydrogen) atoms.